The maximum atomic E-state index is 12.7. The van der Waals surface area contributed by atoms with E-state index in [4.69, 9.17) is 9.47 Å². The monoisotopic (exact) mass is 351 g/mol. The van der Waals surface area contributed by atoms with E-state index in [0.717, 1.165) is 35.5 Å². The highest BCUT2D eigenvalue weighted by Gasteiger charge is 2.47. The van der Waals surface area contributed by atoms with Gasteiger partial charge in [0.2, 0.25) is 12.7 Å². The smallest absolute Gasteiger partial charge is 0.231 e. The zero-order valence-corrected chi connectivity index (χ0v) is 14.4. The van der Waals surface area contributed by atoms with E-state index in [1.54, 1.807) is 6.20 Å². The summed E-state index contributed by atoms with van der Waals surface area (Å²) in [5, 5.41) is 3.59. The number of benzene rings is 1. The Bertz CT molecular complexity index is 822. The van der Waals surface area contributed by atoms with Gasteiger partial charge in [-0.25, -0.2) is 0 Å². The fourth-order valence-electron chi connectivity index (χ4n) is 4.04. The van der Waals surface area contributed by atoms with Gasteiger partial charge < -0.3 is 19.7 Å². The first kappa shape index (κ1) is 15.6. The zero-order chi connectivity index (χ0) is 17.5. The van der Waals surface area contributed by atoms with E-state index in [2.05, 4.69) is 21.3 Å². The normalized spacial score (nSPS) is 24.3. The molecule has 2 aliphatic heterocycles. The minimum Gasteiger partial charge on any atom is -0.454 e. The van der Waals surface area contributed by atoms with Gasteiger partial charge in [0.25, 0.3) is 0 Å². The van der Waals surface area contributed by atoms with Crippen molar-refractivity contribution in [1.82, 2.24) is 15.2 Å². The first-order valence-corrected chi connectivity index (χ1v) is 9.13. The summed E-state index contributed by atoms with van der Waals surface area (Å²) in [5.41, 5.74) is 2.16. The Morgan fingerprint density at radius 1 is 1.19 bits per heavy atom. The van der Waals surface area contributed by atoms with Crippen LogP contribution < -0.4 is 14.8 Å². The first-order valence-electron chi connectivity index (χ1n) is 9.13. The van der Waals surface area contributed by atoms with Crippen molar-refractivity contribution in [2.45, 2.75) is 43.9 Å². The van der Waals surface area contributed by atoms with Gasteiger partial charge in [-0.15, -0.1) is 0 Å². The van der Waals surface area contributed by atoms with Gasteiger partial charge in [-0.05, 0) is 30.5 Å². The molecule has 3 aliphatic rings. The molecular weight excluding hydrogens is 330 g/mol. The molecule has 2 aromatic rings. The molecule has 1 saturated heterocycles. The van der Waals surface area contributed by atoms with Crippen LogP contribution in [0, 0.1) is 0 Å². The highest BCUT2D eigenvalue weighted by Crippen LogP contribution is 2.42. The second kappa shape index (κ2) is 6.29. The molecule has 26 heavy (non-hydrogen) atoms. The van der Waals surface area contributed by atoms with E-state index in [0.29, 0.717) is 19.0 Å². The lowest BCUT2D eigenvalue weighted by Crippen LogP contribution is -2.37. The summed E-state index contributed by atoms with van der Waals surface area (Å²) in [6.07, 6.45) is 6.38. The van der Waals surface area contributed by atoms with Crippen molar-refractivity contribution in [3.05, 3.63) is 53.9 Å². The number of aromatic nitrogens is 1. The van der Waals surface area contributed by atoms with E-state index >= 15 is 0 Å². The molecule has 1 aromatic carbocycles. The van der Waals surface area contributed by atoms with Crippen LogP contribution in [0.5, 0.6) is 11.5 Å². The number of rotatable bonds is 5. The van der Waals surface area contributed by atoms with Crippen LogP contribution in [-0.2, 0) is 11.3 Å². The summed E-state index contributed by atoms with van der Waals surface area (Å²) in [4.78, 5) is 19.0. The Morgan fingerprint density at radius 2 is 2.12 bits per heavy atom. The van der Waals surface area contributed by atoms with Gasteiger partial charge in [0.05, 0.1) is 6.04 Å². The summed E-state index contributed by atoms with van der Waals surface area (Å²) in [6, 6.07) is 10.4. The van der Waals surface area contributed by atoms with Crippen molar-refractivity contribution < 1.29 is 14.3 Å². The van der Waals surface area contributed by atoms with Crippen LogP contribution in [0.1, 0.15) is 36.4 Å². The average Bonchev–Trinajstić information content (AvgIpc) is 3.28. The molecule has 0 unspecified atom stereocenters. The molecule has 6 nitrogen and oxygen atoms in total. The molecule has 134 valence electrons. The number of ether oxygens (including phenoxy) is 2. The molecule has 5 rings (SSSR count). The predicted octanol–water partition coefficient (Wildman–Crippen LogP) is 2.40. The van der Waals surface area contributed by atoms with Crippen molar-refractivity contribution in [3.63, 3.8) is 0 Å². The molecular formula is C20H21N3O3. The van der Waals surface area contributed by atoms with Crippen molar-refractivity contribution in [3.8, 4) is 11.5 Å². The summed E-state index contributed by atoms with van der Waals surface area (Å²) in [7, 11) is 0. The maximum Gasteiger partial charge on any atom is 0.231 e. The van der Waals surface area contributed by atoms with Gasteiger partial charge in [-0.1, -0.05) is 18.2 Å². The molecule has 3 heterocycles. The second-order valence-electron chi connectivity index (χ2n) is 7.11. The number of hydrogen-bond acceptors (Lipinski definition) is 5. The van der Waals surface area contributed by atoms with E-state index < -0.39 is 0 Å². The third-order valence-corrected chi connectivity index (χ3v) is 5.36. The second-order valence-corrected chi connectivity index (χ2v) is 7.11. The van der Waals surface area contributed by atoms with Crippen molar-refractivity contribution in [2.24, 2.45) is 0 Å². The zero-order valence-electron chi connectivity index (χ0n) is 14.4. The van der Waals surface area contributed by atoms with Crippen LogP contribution >= 0.6 is 0 Å². The van der Waals surface area contributed by atoms with E-state index in [1.807, 2.05) is 30.5 Å². The number of nitrogens with zero attached hydrogens (tertiary/aromatic N) is 2. The third-order valence-electron chi connectivity index (χ3n) is 5.36. The minimum absolute atomic E-state index is 0.0395. The van der Waals surface area contributed by atoms with Crippen LogP contribution in [0.4, 0.5) is 0 Å². The van der Waals surface area contributed by atoms with Crippen LogP contribution in [-0.4, -0.2) is 34.7 Å². The number of amides is 1. The largest absolute Gasteiger partial charge is 0.454 e. The van der Waals surface area contributed by atoms with E-state index in [1.165, 1.54) is 0 Å². The number of carbonyl (C=O) groups excluding carboxylic acids is 1. The standard InChI is InChI=1S/C20H21N3O3/c24-18-9-16(22-11-14-3-1-5-17-20(14)26-12-25-17)19(23(18)15-6-7-15)13-4-2-8-21-10-13/h1-5,8,10,15-16,19,22H,6-7,9,11-12H2/t16-,19+/m1/s1. The SMILES string of the molecule is O=C1C[C@@H](NCc2cccc3c2OCO3)[C@H](c2cccnc2)N1C1CC1. The lowest BCUT2D eigenvalue weighted by molar-refractivity contribution is -0.129. The number of pyridine rings is 1. The number of nitrogens with one attached hydrogen (secondary N) is 1. The number of carbonyl (C=O) groups is 1. The van der Waals surface area contributed by atoms with Gasteiger partial charge in [0, 0.05) is 43.0 Å². The summed E-state index contributed by atoms with van der Waals surface area (Å²) >= 11 is 0. The minimum atomic E-state index is 0.0395. The molecule has 1 saturated carbocycles. The number of para-hydroxylation sites is 1. The predicted molar refractivity (Wildman–Crippen MR) is 94.7 cm³/mol. The molecule has 2 fully saturated rings. The number of likely N-dealkylation sites (tertiary alicyclic amines) is 1. The number of fused-ring (bicyclic) bond motifs is 1. The van der Waals surface area contributed by atoms with Crippen molar-refractivity contribution in [2.75, 3.05) is 6.79 Å². The highest BCUT2D eigenvalue weighted by molar-refractivity contribution is 5.81. The first-order chi connectivity index (χ1) is 12.8. The van der Waals surface area contributed by atoms with Crippen LogP contribution in [0.3, 0.4) is 0 Å². The molecule has 1 N–H and O–H groups in total. The molecule has 1 aromatic heterocycles. The molecule has 0 radical (unpaired) electrons. The molecule has 1 amide bonds. The van der Waals surface area contributed by atoms with Crippen LogP contribution in [0.25, 0.3) is 0 Å². The lowest BCUT2D eigenvalue weighted by Gasteiger charge is -2.29. The average molecular weight is 351 g/mol. The van der Waals surface area contributed by atoms with Gasteiger partial charge in [0.15, 0.2) is 11.5 Å². The Balaban J connectivity index is 1.39. The van der Waals surface area contributed by atoms with Gasteiger partial charge in [-0.2, -0.15) is 0 Å². The Kier molecular flexibility index (Phi) is 3.78. The summed E-state index contributed by atoms with van der Waals surface area (Å²) < 4.78 is 11.1. The summed E-state index contributed by atoms with van der Waals surface area (Å²) in [5.74, 6) is 1.83. The fraction of sp³-hybridized carbons (Fsp3) is 0.400. The molecule has 6 heteroatoms. The Hall–Kier alpha value is -2.60. The van der Waals surface area contributed by atoms with Gasteiger partial charge >= 0.3 is 0 Å². The molecule has 0 bridgehead atoms. The molecule has 2 atom stereocenters. The fourth-order valence-corrected chi connectivity index (χ4v) is 4.04. The van der Waals surface area contributed by atoms with Crippen molar-refractivity contribution in [1.29, 1.82) is 0 Å². The summed E-state index contributed by atoms with van der Waals surface area (Å²) in [6.45, 7) is 0.905. The number of hydrogen-bond donors (Lipinski definition) is 1. The highest BCUT2D eigenvalue weighted by atomic mass is 16.7. The maximum absolute atomic E-state index is 12.7. The third kappa shape index (κ3) is 2.70. The molecule has 0 spiro atoms. The Labute approximate surface area is 152 Å². The quantitative estimate of drug-likeness (QED) is 0.896. The lowest BCUT2D eigenvalue weighted by atomic mass is 10.0. The van der Waals surface area contributed by atoms with Crippen molar-refractivity contribution >= 4 is 5.91 Å². The molecule has 1 aliphatic carbocycles. The van der Waals surface area contributed by atoms with Gasteiger partial charge in [-0.3, -0.25) is 9.78 Å². The van der Waals surface area contributed by atoms with E-state index in [9.17, 15) is 4.79 Å². The van der Waals surface area contributed by atoms with Crippen LogP contribution in [0.15, 0.2) is 42.7 Å². The van der Waals surface area contributed by atoms with Gasteiger partial charge in [0.1, 0.15) is 0 Å². The van der Waals surface area contributed by atoms with Crippen LogP contribution in [0.2, 0.25) is 0 Å². The Morgan fingerprint density at radius 3 is 2.92 bits per heavy atom. The topological polar surface area (TPSA) is 63.7 Å². The van der Waals surface area contributed by atoms with E-state index in [-0.39, 0.29) is 24.8 Å².